The molecule has 0 bridgehead atoms. The second-order valence-electron chi connectivity index (χ2n) is 6.96. The summed E-state index contributed by atoms with van der Waals surface area (Å²) >= 11 is 0. The number of carbonyl (C=O) groups is 2. The zero-order valence-electron chi connectivity index (χ0n) is 14.6. The molecular formula is C16H25N5O4. The van der Waals surface area contributed by atoms with Gasteiger partial charge in [0.2, 0.25) is 11.8 Å². The van der Waals surface area contributed by atoms with Crippen molar-refractivity contribution in [3.8, 4) is 0 Å². The van der Waals surface area contributed by atoms with E-state index < -0.39 is 5.91 Å². The fourth-order valence-corrected chi connectivity index (χ4v) is 3.71. The number of aromatic nitrogens is 2. The van der Waals surface area contributed by atoms with Crippen LogP contribution in [0.3, 0.4) is 0 Å². The van der Waals surface area contributed by atoms with Gasteiger partial charge >= 0.3 is 0 Å². The van der Waals surface area contributed by atoms with Crippen molar-refractivity contribution in [2.24, 2.45) is 11.1 Å². The molecule has 2 aliphatic rings. The Kier molecular flexibility index (Phi) is 5.33. The summed E-state index contributed by atoms with van der Waals surface area (Å²) in [6.07, 6.45) is 3.63. The van der Waals surface area contributed by atoms with Crippen LogP contribution in [0.1, 0.15) is 42.2 Å². The van der Waals surface area contributed by atoms with Gasteiger partial charge in [0.15, 0.2) is 0 Å². The summed E-state index contributed by atoms with van der Waals surface area (Å²) in [7, 11) is 1.66. The highest BCUT2D eigenvalue weighted by Crippen LogP contribution is 2.40. The van der Waals surface area contributed by atoms with E-state index in [0.717, 1.165) is 38.9 Å². The van der Waals surface area contributed by atoms with Crippen LogP contribution in [0.25, 0.3) is 0 Å². The van der Waals surface area contributed by atoms with Crippen molar-refractivity contribution in [1.82, 2.24) is 19.9 Å². The molecule has 138 valence electrons. The van der Waals surface area contributed by atoms with E-state index >= 15 is 0 Å². The maximum atomic E-state index is 12.1. The maximum absolute atomic E-state index is 12.1. The predicted molar refractivity (Wildman–Crippen MR) is 87.4 cm³/mol. The molecule has 0 aromatic carbocycles. The summed E-state index contributed by atoms with van der Waals surface area (Å²) in [5, 5.41) is 3.57. The lowest BCUT2D eigenvalue weighted by atomic mass is 9.72. The topological polar surface area (TPSA) is 115 Å². The summed E-state index contributed by atoms with van der Waals surface area (Å²) < 4.78 is 10.2. The van der Waals surface area contributed by atoms with E-state index in [0.29, 0.717) is 32.0 Å². The van der Waals surface area contributed by atoms with Gasteiger partial charge in [0, 0.05) is 26.6 Å². The van der Waals surface area contributed by atoms with Crippen LogP contribution in [0.5, 0.6) is 0 Å². The standard InChI is InChI=1S/C16H25N5O4/c1-24-9-8-21-11-16(3-2-13(21)22)4-6-20(7-5-16)10-12-18-15(14(17)23)19-25-12/h2-11H2,1H3,(H2,17,23). The largest absolute Gasteiger partial charge is 0.383 e. The molecule has 25 heavy (non-hydrogen) atoms. The lowest BCUT2D eigenvalue weighted by Gasteiger charge is -2.47. The molecule has 2 saturated heterocycles. The third kappa shape index (κ3) is 4.16. The number of primary amides is 1. The molecule has 0 atom stereocenters. The van der Waals surface area contributed by atoms with Gasteiger partial charge in [-0.3, -0.25) is 14.5 Å². The molecule has 2 N–H and O–H groups in total. The summed E-state index contributed by atoms with van der Waals surface area (Å²) in [6.45, 7) is 4.38. The second kappa shape index (κ2) is 7.49. The molecule has 0 unspecified atom stereocenters. The lowest BCUT2D eigenvalue weighted by molar-refractivity contribution is -0.140. The monoisotopic (exact) mass is 351 g/mol. The van der Waals surface area contributed by atoms with Gasteiger partial charge < -0.3 is 19.9 Å². The Morgan fingerprint density at radius 2 is 2.12 bits per heavy atom. The first-order valence-electron chi connectivity index (χ1n) is 8.63. The van der Waals surface area contributed by atoms with Gasteiger partial charge in [-0.1, -0.05) is 5.16 Å². The van der Waals surface area contributed by atoms with Gasteiger partial charge in [0.05, 0.1) is 13.2 Å². The van der Waals surface area contributed by atoms with E-state index in [-0.39, 0.29) is 17.1 Å². The average molecular weight is 351 g/mol. The van der Waals surface area contributed by atoms with Crippen molar-refractivity contribution in [3.63, 3.8) is 0 Å². The third-order valence-corrected chi connectivity index (χ3v) is 5.28. The van der Waals surface area contributed by atoms with E-state index in [9.17, 15) is 9.59 Å². The minimum absolute atomic E-state index is 0.0805. The predicted octanol–water partition coefficient (Wildman–Crippen LogP) is 0.0195. The number of hydrogen-bond donors (Lipinski definition) is 1. The zero-order valence-corrected chi connectivity index (χ0v) is 14.6. The van der Waals surface area contributed by atoms with Crippen molar-refractivity contribution >= 4 is 11.8 Å². The molecule has 1 spiro atoms. The van der Waals surface area contributed by atoms with Crippen LogP contribution >= 0.6 is 0 Å². The number of nitrogens with two attached hydrogens (primary N) is 1. The Morgan fingerprint density at radius 3 is 2.76 bits per heavy atom. The summed E-state index contributed by atoms with van der Waals surface area (Å²) in [5.41, 5.74) is 5.33. The first-order valence-corrected chi connectivity index (χ1v) is 8.63. The highest BCUT2D eigenvalue weighted by Gasteiger charge is 2.40. The van der Waals surface area contributed by atoms with Gasteiger partial charge in [-0.05, 0) is 37.8 Å². The SMILES string of the molecule is COCCN1CC2(CCC1=O)CCN(Cc1nc(C(N)=O)no1)CC2. The fraction of sp³-hybridized carbons (Fsp3) is 0.750. The number of methoxy groups -OCH3 is 1. The summed E-state index contributed by atoms with van der Waals surface area (Å²) in [4.78, 5) is 31.3. The molecule has 2 aliphatic heterocycles. The molecule has 0 saturated carbocycles. The van der Waals surface area contributed by atoms with E-state index in [1.807, 2.05) is 4.90 Å². The molecule has 1 aromatic heterocycles. The molecule has 3 rings (SSSR count). The summed E-state index contributed by atoms with van der Waals surface area (Å²) in [5.74, 6) is -0.126. The first-order chi connectivity index (χ1) is 12.0. The Morgan fingerprint density at radius 1 is 1.36 bits per heavy atom. The van der Waals surface area contributed by atoms with Crippen LogP contribution in [-0.4, -0.2) is 71.7 Å². The molecule has 2 fully saturated rings. The number of likely N-dealkylation sites (tertiary alicyclic amines) is 2. The Balaban J connectivity index is 1.53. The van der Waals surface area contributed by atoms with Crippen LogP contribution in [0, 0.1) is 5.41 Å². The minimum atomic E-state index is -0.685. The number of carbonyl (C=O) groups excluding carboxylic acids is 2. The Bertz CT molecular complexity index is 624. The van der Waals surface area contributed by atoms with E-state index in [1.165, 1.54) is 0 Å². The van der Waals surface area contributed by atoms with Crippen LogP contribution in [0.2, 0.25) is 0 Å². The maximum Gasteiger partial charge on any atom is 0.290 e. The third-order valence-electron chi connectivity index (χ3n) is 5.28. The quantitative estimate of drug-likeness (QED) is 0.768. The van der Waals surface area contributed by atoms with Crippen LogP contribution < -0.4 is 5.73 Å². The van der Waals surface area contributed by atoms with Gasteiger partial charge in [0.1, 0.15) is 0 Å². The zero-order chi connectivity index (χ0) is 17.9. The number of piperidine rings is 2. The molecule has 9 heteroatoms. The number of ether oxygens (including phenoxy) is 1. The Labute approximate surface area is 146 Å². The van der Waals surface area contributed by atoms with E-state index in [4.69, 9.17) is 15.0 Å². The van der Waals surface area contributed by atoms with Gasteiger partial charge in [0.25, 0.3) is 11.7 Å². The normalized spacial score (nSPS) is 21.0. The second-order valence-corrected chi connectivity index (χ2v) is 6.96. The number of rotatable bonds is 6. The molecule has 9 nitrogen and oxygen atoms in total. The van der Waals surface area contributed by atoms with Crippen LogP contribution in [0.4, 0.5) is 0 Å². The van der Waals surface area contributed by atoms with Crippen molar-refractivity contribution in [2.75, 3.05) is 39.9 Å². The molecule has 2 amide bonds. The summed E-state index contributed by atoms with van der Waals surface area (Å²) in [6, 6.07) is 0. The Hall–Kier alpha value is -2.00. The van der Waals surface area contributed by atoms with Crippen LogP contribution in [0.15, 0.2) is 4.52 Å². The number of hydrogen-bond acceptors (Lipinski definition) is 7. The highest BCUT2D eigenvalue weighted by atomic mass is 16.5. The van der Waals surface area contributed by atoms with Gasteiger partial charge in [-0.25, -0.2) is 0 Å². The van der Waals surface area contributed by atoms with Crippen molar-refractivity contribution in [2.45, 2.75) is 32.2 Å². The molecule has 0 aliphatic carbocycles. The first kappa shape index (κ1) is 17.8. The number of amides is 2. The van der Waals surface area contributed by atoms with Crippen molar-refractivity contribution < 1.29 is 18.8 Å². The van der Waals surface area contributed by atoms with E-state index in [2.05, 4.69) is 15.0 Å². The molecular weight excluding hydrogens is 326 g/mol. The lowest BCUT2D eigenvalue weighted by Crippen LogP contribution is -2.52. The molecule has 1 aromatic rings. The smallest absolute Gasteiger partial charge is 0.290 e. The minimum Gasteiger partial charge on any atom is -0.383 e. The van der Waals surface area contributed by atoms with Crippen molar-refractivity contribution in [3.05, 3.63) is 11.7 Å². The average Bonchev–Trinajstić information content (AvgIpc) is 3.07. The molecule has 0 radical (unpaired) electrons. The van der Waals surface area contributed by atoms with E-state index in [1.54, 1.807) is 7.11 Å². The van der Waals surface area contributed by atoms with Crippen LogP contribution in [-0.2, 0) is 16.1 Å². The van der Waals surface area contributed by atoms with Gasteiger partial charge in [-0.2, -0.15) is 4.98 Å². The highest BCUT2D eigenvalue weighted by molar-refractivity contribution is 5.88. The number of nitrogens with zero attached hydrogens (tertiary/aromatic N) is 4. The van der Waals surface area contributed by atoms with Crippen molar-refractivity contribution in [1.29, 1.82) is 0 Å². The fourth-order valence-electron chi connectivity index (χ4n) is 3.71. The van der Waals surface area contributed by atoms with Gasteiger partial charge in [-0.15, -0.1) is 0 Å². The molecule has 3 heterocycles.